The van der Waals surface area contributed by atoms with E-state index in [1.165, 1.54) is 23.3 Å². The zero-order valence-corrected chi connectivity index (χ0v) is 12.1. The van der Waals surface area contributed by atoms with Gasteiger partial charge in [-0.1, -0.05) is 35.9 Å². The maximum Gasteiger partial charge on any atom is 0.126 e. The Morgan fingerprint density at radius 1 is 1.15 bits per heavy atom. The summed E-state index contributed by atoms with van der Waals surface area (Å²) in [6.45, 7) is 2.16. The van der Waals surface area contributed by atoms with E-state index >= 15 is 0 Å². The summed E-state index contributed by atoms with van der Waals surface area (Å²) in [5.74, 6) is 0.313. The molecule has 1 aliphatic carbocycles. The molecule has 0 unspecified atom stereocenters. The summed E-state index contributed by atoms with van der Waals surface area (Å²) in [5.41, 5.74) is 3.55. The maximum absolute atomic E-state index is 13.3. The number of hydrogen-bond donors (Lipinski definition) is 1. The number of aryl methyl sites for hydroxylation is 1. The van der Waals surface area contributed by atoms with Crippen molar-refractivity contribution in [2.75, 3.05) is 5.32 Å². The van der Waals surface area contributed by atoms with Gasteiger partial charge in [-0.2, -0.15) is 0 Å². The molecule has 0 aliphatic heterocycles. The first-order valence-corrected chi connectivity index (χ1v) is 7.28. The van der Waals surface area contributed by atoms with Gasteiger partial charge in [-0.3, -0.25) is 0 Å². The van der Waals surface area contributed by atoms with Crippen LogP contribution in [0, 0.1) is 12.7 Å². The molecule has 3 rings (SSSR count). The van der Waals surface area contributed by atoms with Crippen LogP contribution in [0.5, 0.6) is 0 Å². The van der Waals surface area contributed by atoms with Crippen LogP contribution in [0.1, 0.15) is 29.9 Å². The molecule has 104 valence electrons. The minimum absolute atomic E-state index is 0.297. The Morgan fingerprint density at radius 2 is 1.90 bits per heavy atom. The largest absolute Gasteiger partial charge is 0.382 e. The summed E-state index contributed by atoms with van der Waals surface area (Å²) in [6, 6.07) is 13.5. The van der Waals surface area contributed by atoms with Crippen LogP contribution in [0.4, 0.5) is 10.1 Å². The summed E-state index contributed by atoms with van der Waals surface area (Å²) < 4.78 is 13.3. The lowest BCUT2D eigenvalue weighted by Crippen LogP contribution is -2.34. The third-order valence-corrected chi connectivity index (χ3v) is 4.22. The molecule has 2 aromatic carbocycles. The minimum Gasteiger partial charge on any atom is -0.382 e. The van der Waals surface area contributed by atoms with E-state index in [9.17, 15) is 4.39 Å². The number of hydrogen-bond acceptors (Lipinski definition) is 1. The van der Waals surface area contributed by atoms with Gasteiger partial charge in [0, 0.05) is 16.8 Å². The van der Waals surface area contributed by atoms with Crippen LogP contribution in [-0.4, -0.2) is 6.04 Å². The number of halogens is 2. The van der Waals surface area contributed by atoms with Gasteiger partial charge in [-0.25, -0.2) is 4.39 Å². The van der Waals surface area contributed by atoms with Crippen LogP contribution >= 0.6 is 11.6 Å². The predicted molar refractivity (Wildman–Crippen MR) is 82.0 cm³/mol. The Bertz CT molecular complexity index is 600. The smallest absolute Gasteiger partial charge is 0.126 e. The highest BCUT2D eigenvalue weighted by molar-refractivity contribution is 6.30. The molecule has 1 aliphatic rings. The fraction of sp³-hybridized carbons (Fsp3) is 0.294. The van der Waals surface area contributed by atoms with Gasteiger partial charge < -0.3 is 5.32 Å². The third-order valence-electron chi connectivity index (χ3n) is 4.00. The number of benzene rings is 2. The molecule has 2 aromatic rings. The van der Waals surface area contributed by atoms with Gasteiger partial charge in [-0.15, -0.1) is 0 Å². The van der Waals surface area contributed by atoms with Crippen molar-refractivity contribution in [3.63, 3.8) is 0 Å². The van der Waals surface area contributed by atoms with E-state index in [1.807, 2.05) is 0 Å². The first kappa shape index (κ1) is 13.4. The van der Waals surface area contributed by atoms with E-state index in [-0.39, 0.29) is 5.82 Å². The molecule has 1 saturated carbocycles. The standard InChI is InChI=1S/C17H17ClFN/c1-11-4-2-3-5-17(11)12-6-15(7-12)20-16-9-13(18)8-14(19)10-16/h2-5,8-10,12,15,20H,6-7H2,1H3. The molecule has 0 spiro atoms. The molecule has 1 fully saturated rings. The molecule has 0 saturated heterocycles. The van der Waals surface area contributed by atoms with Gasteiger partial charge in [-0.05, 0) is 55.0 Å². The SMILES string of the molecule is Cc1ccccc1C1CC(Nc2cc(F)cc(Cl)c2)C1. The zero-order valence-electron chi connectivity index (χ0n) is 11.4. The first-order valence-electron chi connectivity index (χ1n) is 6.90. The first-order chi connectivity index (χ1) is 9.61. The minimum atomic E-state index is -0.297. The summed E-state index contributed by atoms with van der Waals surface area (Å²) in [4.78, 5) is 0. The van der Waals surface area contributed by atoms with Gasteiger partial charge in [0.25, 0.3) is 0 Å². The lowest BCUT2D eigenvalue weighted by Gasteiger charge is -2.37. The number of nitrogens with one attached hydrogen (secondary N) is 1. The predicted octanol–water partition coefficient (Wildman–Crippen LogP) is 5.15. The van der Waals surface area contributed by atoms with Gasteiger partial charge in [0.05, 0.1) is 0 Å². The van der Waals surface area contributed by atoms with Crippen molar-refractivity contribution in [3.8, 4) is 0 Å². The molecule has 0 heterocycles. The molecular weight excluding hydrogens is 273 g/mol. The van der Waals surface area contributed by atoms with Crippen molar-refractivity contribution in [3.05, 3.63) is 64.4 Å². The Labute approximate surface area is 123 Å². The molecule has 0 atom stereocenters. The van der Waals surface area contributed by atoms with E-state index in [0.29, 0.717) is 17.0 Å². The average molecular weight is 290 g/mol. The summed E-state index contributed by atoms with van der Waals surface area (Å²) in [5, 5.41) is 3.79. The highest BCUT2D eigenvalue weighted by Crippen LogP contribution is 2.39. The molecule has 0 bridgehead atoms. The van der Waals surface area contributed by atoms with Crippen molar-refractivity contribution in [1.82, 2.24) is 0 Å². The molecule has 0 aromatic heterocycles. The quantitative estimate of drug-likeness (QED) is 0.824. The van der Waals surface area contributed by atoms with E-state index in [0.717, 1.165) is 18.5 Å². The van der Waals surface area contributed by atoms with Crippen molar-refractivity contribution >= 4 is 17.3 Å². The average Bonchev–Trinajstić information content (AvgIpc) is 2.33. The van der Waals surface area contributed by atoms with Crippen molar-refractivity contribution in [2.24, 2.45) is 0 Å². The molecule has 0 amide bonds. The van der Waals surface area contributed by atoms with Crippen molar-refractivity contribution < 1.29 is 4.39 Å². The number of anilines is 1. The van der Waals surface area contributed by atoms with Crippen LogP contribution in [-0.2, 0) is 0 Å². The van der Waals surface area contributed by atoms with Gasteiger partial charge in [0.2, 0.25) is 0 Å². The molecule has 3 heteroatoms. The van der Waals surface area contributed by atoms with E-state index in [1.54, 1.807) is 6.07 Å². The Morgan fingerprint density at radius 3 is 2.60 bits per heavy atom. The van der Waals surface area contributed by atoms with E-state index < -0.39 is 0 Å². The lowest BCUT2D eigenvalue weighted by molar-refractivity contribution is 0.373. The Balaban J connectivity index is 1.62. The van der Waals surface area contributed by atoms with Gasteiger partial charge in [0.15, 0.2) is 0 Å². The van der Waals surface area contributed by atoms with Crippen molar-refractivity contribution in [1.29, 1.82) is 0 Å². The highest BCUT2D eigenvalue weighted by Gasteiger charge is 2.30. The van der Waals surface area contributed by atoms with Crippen LogP contribution < -0.4 is 5.32 Å². The highest BCUT2D eigenvalue weighted by atomic mass is 35.5. The van der Waals surface area contributed by atoms with Crippen LogP contribution in [0.15, 0.2) is 42.5 Å². The molecule has 1 N–H and O–H groups in total. The second-order valence-electron chi connectivity index (χ2n) is 5.52. The van der Waals surface area contributed by atoms with Gasteiger partial charge in [0.1, 0.15) is 5.82 Å². The van der Waals surface area contributed by atoms with E-state index in [4.69, 9.17) is 11.6 Å². The molecular formula is C17H17ClFN. The Hall–Kier alpha value is -1.54. The second kappa shape index (κ2) is 5.45. The monoisotopic (exact) mass is 289 g/mol. The summed E-state index contributed by atoms with van der Waals surface area (Å²) >= 11 is 5.86. The topological polar surface area (TPSA) is 12.0 Å². The van der Waals surface area contributed by atoms with E-state index in [2.05, 4.69) is 36.5 Å². The summed E-state index contributed by atoms with van der Waals surface area (Å²) in [6.07, 6.45) is 2.16. The lowest BCUT2D eigenvalue weighted by atomic mass is 9.74. The third kappa shape index (κ3) is 2.80. The van der Waals surface area contributed by atoms with Crippen LogP contribution in [0.3, 0.4) is 0 Å². The fourth-order valence-electron chi connectivity index (χ4n) is 2.91. The van der Waals surface area contributed by atoms with Crippen LogP contribution in [0.2, 0.25) is 5.02 Å². The number of rotatable bonds is 3. The molecule has 1 nitrogen and oxygen atoms in total. The van der Waals surface area contributed by atoms with Crippen molar-refractivity contribution in [2.45, 2.75) is 31.7 Å². The van der Waals surface area contributed by atoms with Gasteiger partial charge >= 0.3 is 0 Å². The second-order valence-corrected chi connectivity index (χ2v) is 5.96. The molecule has 0 radical (unpaired) electrons. The zero-order chi connectivity index (χ0) is 14.1. The molecule has 20 heavy (non-hydrogen) atoms. The van der Waals surface area contributed by atoms with Crippen LogP contribution in [0.25, 0.3) is 0 Å². The normalized spacial score (nSPS) is 21.4. The Kier molecular flexibility index (Phi) is 3.66. The fourth-order valence-corrected chi connectivity index (χ4v) is 3.13. The maximum atomic E-state index is 13.3. The summed E-state index contributed by atoms with van der Waals surface area (Å²) in [7, 11) is 0.